The molecular weight excluding hydrogens is 166 g/mol. The molecule has 0 fully saturated rings. The van der Waals surface area contributed by atoms with Crippen LogP contribution in [0.5, 0.6) is 0 Å². The highest BCUT2D eigenvalue weighted by Crippen LogP contribution is 2.34. The Morgan fingerprint density at radius 2 is 2.15 bits per heavy atom. The van der Waals surface area contributed by atoms with Gasteiger partial charge in [0.1, 0.15) is 6.10 Å². The minimum atomic E-state index is -0.530. The van der Waals surface area contributed by atoms with Gasteiger partial charge in [-0.15, -0.1) is 0 Å². The van der Waals surface area contributed by atoms with Crippen LogP contribution < -0.4 is 5.73 Å². The number of carbonyl (C=O) groups is 1. The van der Waals surface area contributed by atoms with Gasteiger partial charge in [0.25, 0.3) is 0 Å². The average molecular weight is 176 g/mol. The van der Waals surface area contributed by atoms with Crippen LogP contribution in [0.3, 0.4) is 0 Å². The molecule has 0 aliphatic heterocycles. The van der Waals surface area contributed by atoms with E-state index in [-0.39, 0.29) is 6.10 Å². The topological polar surface area (TPSA) is 63.3 Å². The van der Waals surface area contributed by atoms with Crippen molar-refractivity contribution < 1.29 is 9.90 Å². The summed E-state index contributed by atoms with van der Waals surface area (Å²) in [5.74, 6) is -0.994. The molecule has 3 N–H and O–H groups in total. The lowest BCUT2D eigenvalue weighted by atomic mass is 10.0. The van der Waals surface area contributed by atoms with Crippen LogP contribution in [0, 0.1) is 12.0 Å². The van der Waals surface area contributed by atoms with E-state index >= 15 is 0 Å². The number of benzene rings is 1. The fourth-order valence-electron chi connectivity index (χ4n) is 1.69. The van der Waals surface area contributed by atoms with E-state index in [0.29, 0.717) is 6.42 Å². The second-order valence-electron chi connectivity index (χ2n) is 3.20. The fraction of sp³-hybridized carbons (Fsp3) is 0.200. The summed E-state index contributed by atoms with van der Waals surface area (Å²) in [7, 11) is 0. The van der Waals surface area contributed by atoms with E-state index in [1.807, 2.05) is 18.2 Å². The van der Waals surface area contributed by atoms with Crippen LogP contribution in [0.4, 0.5) is 0 Å². The first-order chi connectivity index (χ1) is 6.20. The van der Waals surface area contributed by atoms with E-state index in [4.69, 9.17) is 5.73 Å². The Morgan fingerprint density at radius 3 is 2.77 bits per heavy atom. The molecule has 3 heteroatoms. The zero-order valence-corrected chi connectivity index (χ0v) is 7.03. The number of amides is 1. The number of aliphatic hydroxyl groups excluding tert-OH is 1. The first kappa shape index (κ1) is 8.26. The molecular formula is C10H10NO2. The number of nitrogens with two attached hydrogens (primary N) is 1. The minimum Gasteiger partial charge on any atom is -0.381 e. The summed E-state index contributed by atoms with van der Waals surface area (Å²) < 4.78 is 0. The Labute approximate surface area is 76.2 Å². The number of primary amides is 1. The van der Waals surface area contributed by atoms with Gasteiger partial charge < -0.3 is 10.8 Å². The molecule has 2 rings (SSSR count). The minimum absolute atomic E-state index is 0.114. The molecule has 1 aliphatic carbocycles. The Bertz CT molecular complexity index is 349. The first-order valence-corrected chi connectivity index (χ1v) is 4.13. The van der Waals surface area contributed by atoms with Crippen molar-refractivity contribution in [2.24, 2.45) is 11.7 Å². The number of hydrogen-bond acceptors (Lipinski definition) is 2. The summed E-state index contributed by atoms with van der Waals surface area (Å²) in [6.45, 7) is 0. The highest BCUT2D eigenvalue weighted by molar-refractivity contribution is 5.81. The monoisotopic (exact) mass is 176 g/mol. The van der Waals surface area contributed by atoms with Crippen LogP contribution in [0.1, 0.15) is 11.1 Å². The van der Waals surface area contributed by atoms with Crippen LogP contribution in [0.15, 0.2) is 24.3 Å². The average Bonchev–Trinajstić information content (AvgIpc) is 2.45. The SMILES string of the molecule is NC(=O)[C@@H]1Cc2ccccc2[C]1O. The second-order valence-corrected chi connectivity index (χ2v) is 3.20. The third-order valence-corrected chi connectivity index (χ3v) is 2.39. The Balaban J connectivity index is 2.38. The van der Waals surface area contributed by atoms with E-state index in [1.54, 1.807) is 6.07 Å². The highest BCUT2D eigenvalue weighted by Gasteiger charge is 2.35. The number of rotatable bonds is 1. The molecule has 0 heterocycles. The normalized spacial score (nSPS) is 21.5. The molecule has 0 saturated carbocycles. The predicted octanol–water partition coefficient (Wildman–Crippen LogP) is 0.597. The van der Waals surface area contributed by atoms with Crippen molar-refractivity contribution in [3.8, 4) is 0 Å². The van der Waals surface area contributed by atoms with Crippen molar-refractivity contribution in [2.75, 3.05) is 0 Å². The molecule has 0 bridgehead atoms. The zero-order valence-electron chi connectivity index (χ0n) is 7.03. The largest absolute Gasteiger partial charge is 0.381 e. The van der Waals surface area contributed by atoms with E-state index < -0.39 is 11.8 Å². The van der Waals surface area contributed by atoms with Gasteiger partial charge in [-0.2, -0.15) is 0 Å². The Hall–Kier alpha value is -1.35. The molecule has 0 spiro atoms. The number of aliphatic hydroxyl groups is 1. The molecule has 1 aromatic carbocycles. The molecule has 1 atom stereocenters. The van der Waals surface area contributed by atoms with Gasteiger partial charge in [-0.25, -0.2) is 0 Å². The van der Waals surface area contributed by atoms with Gasteiger partial charge >= 0.3 is 0 Å². The van der Waals surface area contributed by atoms with Gasteiger partial charge in [0.15, 0.2) is 0 Å². The molecule has 1 radical (unpaired) electrons. The van der Waals surface area contributed by atoms with E-state index in [9.17, 15) is 9.90 Å². The Morgan fingerprint density at radius 1 is 1.46 bits per heavy atom. The van der Waals surface area contributed by atoms with Gasteiger partial charge in [-0.1, -0.05) is 24.3 Å². The number of fused-ring (bicyclic) bond motifs is 1. The maximum Gasteiger partial charge on any atom is 0.224 e. The van der Waals surface area contributed by atoms with Crippen molar-refractivity contribution in [2.45, 2.75) is 6.42 Å². The lowest BCUT2D eigenvalue weighted by Gasteiger charge is -2.08. The molecule has 0 unspecified atom stereocenters. The van der Waals surface area contributed by atoms with Crippen molar-refractivity contribution in [3.63, 3.8) is 0 Å². The summed E-state index contributed by atoms with van der Waals surface area (Å²) >= 11 is 0. The molecule has 67 valence electrons. The van der Waals surface area contributed by atoms with Gasteiger partial charge in [-0.3, -0.25) is 4.79 Å². The van der Waals surface area contributed by atoms with Crippen LogP contribution in [-0.4, -0.2) is 11.0 Å². The predicted molar refractivity (Wildman–Crippen MR) is 47.1 cm³/mol. The molecule has 1 amide bonds. The van der Waals surface area contributed by atoms with Crippen molar-refractivity contribution in [3.05, 3.63) is 41.5 Å². The fourth-order valence-corrected chi connectivity index (χ4v) is 1.69. The molecule has 13 heavy (non-hydrogen) atoms. The van der Waals surface area contributed by atoms with Gasteiger partial charge in [0, 0.05) is 0 Å². The first-order valence-electron chi connectivity index (χ1n) is 4.13. The Kier molecular flexibility index (Phi) is 1.81. The summed E-state index contributed by atoms with van der Waals surface area (Å²) in [4.78, 5) is 10.9. The summed E-state index contributed by atoms with van der Waals surface area (Å²) in [5.41, 5.74) is 6.89. The van der Waals surface area contributed by atoms with Crippen molar-refractivity contribution >= 4 is 5.91 Å². The standard InChI is InChI=1S/C10H10NO2/c11-10(13)8-5-6-3-1-2-4-7(6)9(8)12/h1-4,8,12H,5H2,(H2,11,13)/t8-/m1/s1. The second kappa shape index (κ2) is 2.85. The lowest BCUT2D eigenvalue weighted by Crippen LogP contribution is -2.26. The van der Waals surface area contributed by atoms with Crippen molar-refractivity contribution in [1.82, 2.24) is 0 Å². The molecule has 3 nitrogen and oxygen atoms in total. The van der Waals surface area contributed by atoms with E-state index in [0.717, 1.165) is 11.1 Å². The van der Waals surface area contributed by atoms with Gasteiger partial charge in [0.2, 0.25) is 5.91 Å². The summed E-state index contributed by atoms with van der Waals surface area (Å²) in [6, 6.07) is 7.41. The van der Waals surface area contributed by atoms with E-state index in [1.165, 1.54) is 0 Å². The van der Waals surface area contributed by atoms with Crippen molar-refractivity contribution in [1.29, 1.82) is 0 Å². The maximum atomic E-state index is 10.9. The smallest absolute Gasteiger partial charge is 0.224 e. The van der Waals surface area contributed by atoms with Crippen LogP contribution >= 0.6 is 0 Å². The summed E-state index contributed by atoms with van der Waals surface area (Å²) in [6.07, 6.45) is 0.639. The lowest BCUT2D eigenvalue weighted by molar-refractivity contribution is -0.122. The quantitative estimate of drug-likeness (QED) is 0.658. The third-order valence-electron chi connectivity index (χ3n) is 2.39. The van der Waals surface area contributed by atoms with E-state index in [2.05, 4.69) is 0 Å². The maximum absolute atomic E-state index is 10.9. The van der Waals surface area contributed by atoms with Crippen LogP contribution in [-0.2, 0) is 11.2 Å². The molecule has 1 aromatic rings. The van der Waals surface area contributed by atoms with Crippen LogP contribution in [0.25, 0.3) is 0 Å². The van der Waals surface area contributed by atoms with Gasteiger partial charge in [0.05, 0.1) is 5.92 Å². The summed E-state index contributed by atoms with van der Waals surface area (Å²) in [5, 5.41) is 9.63. The van der Waals surface area contributed by atoms with Gasteiger partial charge in [-0.05, 0) is 17.5 Å². The molecule has 0 saturated heterocycles. The van der Waals surface area contributed by atoms with Crippen LogP contribution in [0.2, 0.25) is 0 Å². The molecule has 1 aliphatic rings. The third kappa shape index (κ3) is 1.21. The zero-order chi connectivity index (χ0) is 9.42. The molecule has 0 aromatic heterocycles. The number of carbonyl (C=O) groups excluding carboxylic acids is 1. The number of hydrogen-bond donors (Lipinski definition) is 2. The highest BCUT2D eigenvalue weighted by atomic mass is 16.3.